The van der Waals surface area contributed by atoms with Crippen LogP contribution in [-0.4, -0.2) is 11.3 Å². The van der Waals surface area contributed by atoms with Crippen LogP contribution in [0.15, 0.2) is 5.11 Å². The van der Waals surface area contributed by atoms with Gasteiger partial charge in [0.2, 0.25) is 5.24 Å². The summed E-state index contributed by atoms with van der Waals surface area (Å²) in [6.07, 6.45) is 0.451. The highest BCUT2D eigenvalue weighted by Gasteiger charge is 2.09. The smallest absolute Gasteiger partial charge is 0.230 e. The predicted molar refractivity (Wildman–Crippen MR) is 34.1 cm³/mol. The van der Waals surface area contributed by atoms with Crippen LogP contribution in [-0.2, 0) is 4.79 Å². The van der Waals surface area contributed by atoms with Crippen molar-refractivity contribution in [3.63, 3.8) is 0 Å². The molecule has 50 valence electrons. The summed E-state index contributed by atoms with van der Waals surface area (Å²) < 4.78 is 0. The maximum atomic E-state index is 10.3. The van der Waals surface area contributed by atoms with Crippen LogP contribution in [0, 0.1) is 0 Å². The van der Waals surface area contributed by atoms with Crippen molar-refractivity contribution in [2.45, 2.75) is 19.4 Å². The van der Waals surface area contributed by atoms with Crippen molar-refractivity contribution in [1.82, 2.24) is 0 Å². The molecule has 0 aliphatic heterocycles. The lowest BCUT2D eigenvalue weighted by molar-refractivity contribution is -0.112. The van der Waals surface area contributed by atoms with Gasteiger partial charge in [-0.3, -0.25) is 4.79 Å². The van der Waals surface area contributed by atoms with E-state index in [1.165, 1.54) is 0 Å². The summed E-state index contributed by atoms with van der Waals surface area (Å²) in [5.74, 6) is 0. The lowest BCUT2D eigenvalue weighted by atomic mass is 10.3. The Balaban J connectivity index is 3.98. The van der Waals surface area contributed by atoms with E-state index in [-0.39, 0.29) is 0 Å². The van der Waals surface area contributed by atoms with Gasteiger partial charge < -0.3 is 0 Å². The summed E-state index contributed by atoms with van der Waals surface area (Å²) in [4.78, 5) is 12.7. The van der Waals surface area contributed by atoms with E-state index >= 15 is 0 Å². The van der Waals surface area contributed by atoms with Gasteiger partial charge in [-0.25, -0.2) is 0 Å². The predicted octanol–water partition coefficient (Wildman–Crippen LogP) is 1.84. The summed E-state index contributed by atoms with van der Waals surface area (Å²) in [5, 5.41) is 2.54. The number of nitrogens with zero attached hydrogens (tertiary/aromatic N) is 3. The van der Waals surface area contributed by atoms with Crippen molar-refractivity contribution in [2.24, 2.45) is 5.11 Å². The van der Waals surface area contributed by atoms with E-state index in [4.69, 9.17) is 17.1 Å². The van der Waals surface area contributed by atoms with Crippen molar-refractivity contribution in [3.05, 3.63) is 10.4 Å². The molecule has 0 aromatic heterocycles. The van der Waals surface area contributed by atoms with Gasteiger partial charge in [-0.15, -0.1) is 0 Å². The minimum atomic E-state index is -0.698. The largest absolute Gasteiger partial charge is 0.281 e. The Labute approximate surface area is 57.4 Å². The van der Waals surface area contributed by atoms with Gasteiger partial charge in [0.05, 0.1) is 0 Å². The van der Waals surface area contributed by atoms with Gasteiger partial charge in [-0.05, 0) is 23.6 Å². The minimum absolute atomic E-state index is 0.451. The van der Waals surface area contributed by atoms with Crippen LogP contribution >= 0.6 is 11.6 Å². The van der Waals surface area contributed by atoms with Crippen LogP contribution in [0.25, 0.3) is 10.4 Å². The monoisotopic (exact) mass is 147 g/mol. The van der Waals surface area contributed by atoms with E-state index < -0.39 is 11.3 Å². The molecule has 0 radical (unpaired) electrons. The Morgan fingerprint density at radius 3 is 2.67 bits per heavy atom. The SMILES string of the molecule is CCC(N=[N+]=[N-])C(=O)Cl. The van der Waals surface area contributed by atoms with E-state index in [2.05, 4.69) is 10.0 Å². The Morgan fingerprint density at radius 1 is 2.00 bits per heavy atom. The fourth-order valence-corrected chi connectivity index (χ4v) is 0.548. The van der Waals surface area contributed by atoms with Crippen molar-refractivity contribution >= 4 is 16.8 Å². The fourth-order valence-electron chi connectivity index (χ4n) is 0.350. The second kappa shape index (κ2) is 4.18. The van der Waals surface area contributed by atoms with Crippen molar-refractivity contribution < 1.29 is 4.79 Å². The zero-order valence-corrected chi connectivity index (χ0v) is 5.67. The van der Waals surface area contributed by atoms with Crippen molar-refractivity contribution in [1.29, 1.82) is 0 Å². The maximum absolute atomic E-state index is 10.3. The van der Waals surface area contributed by atoms with Gasteiger partial charge in [0.1, 0.15) is 6.04 Å². The van der Waals surface area contributed by atoms with Crippen molar-refractivity contribution in [2.75, 3.05) is 0 Å². The summed E-state index contributed by atoms with van der Waals surface area (Å²) >= 11 is 5.02. The molecule has 0 aliphatic carbocycles. The van der Waals surface area contributed by atoms with E-state index in [1.54, 1.807) is 6.92 Å². The zero-order chi connectivity index (χ0) is 7.28. The second-order valence-corrected chi connectivity index (χ2v) is 1.81. The van der Waals surface area contributed by atoms with E-state index in [9.17, 15) is 4.79 Å². The lowest BCUT2D eigenvalue weighted by Crippen LogP contribution is -2.09. The van der Waals surface area contributed by atoms with Gasteiger partial charge in [-0.1, -0.05) is 12.0 Å². The average Bonchev–Trinajstić information content (AvgIpc) is 1.82. The van der Waals surface area contributed by atoms with Gasteiger partial charge in [-0.2, -0.15) is 0 Å². The van der Waals surface area contributed by atoms with Gasteiger partial charge in [0.15, 0.2) is 0 Å². The average molecular weight is 148 g/mol. The fraction of sp³-hybridized carbons (Fsp3) is 0.750. The van der Waals surface area contributed by atoms with Gasteiger partial charge >= 0.3 is 0 Å². The molecule has 0 N–H and O–H groups in total. The Morgan fingerprint density at radius 2 is 2.56 bits per heavy atom. The van der Waals surface area contributed by atoms with Crippen LogP contribution in [0.3, 0.4) is 0 Å². The first-order valence-corrected chi connectivity index (χ1v) is 2.83. The zero-order valence-electron chi connectivity index (χ0n) is 4.91. The standard InChI is InChI=1S/C4H6ClN3O/c1-2-3(4(5)9)7-8-6/h3H,2H2,1H3. The van der Waals surface area contributed by atoms with E-state index in [0.717, 1.165) is 0 Å². The number of hydrogen-bond acceptors (Lipinski definition) is 2. The van der Waals surface area contributed by atoms with Crippen molar-refractivity contribution in [3.8, 4) is 0 Å². The van der Waals surface area contributed by atoms with Crippen LogP contribution in [0.1, 0.15) is 13.3 Å². The highest BCUT2D eigenvalue weighted by molar-refractivity contribution is 6.64. The maximum Gasteiger partial charge on any atom is 0.230 e. The molecule has 0 aromatic carbocycles. The molecule has 0 amide bonds. The molecular weight excluding hydrogens is 142 g/mol. The molecule has 4 nitrogen and oxygen atoms in total. The molecule has 0 aromatic rings. The first kappa shape index (κ1) is 8.27. The molecule has 0 aliphatic rings. The summed E-state index contributed by atoms with van der Waals surface area (Å²) in [7, 11) is 0. The quantitative estimate of drug-likeness (QED) is 0.260. The molecule has 0 heterocycles. The van der Waals surface area contributed by atoms with Gasteiger partial charge in [0, 0.05) is 4.91 Å². The molecule has 0 bridgehead atoms. The third kappa shape index (κ3) is 2.95. The number of carbonyl (C=O) groups is 1. The Kier molecular flexibility index (Phi) is 3.84. The number of halogens is 1. The molecule has 0 saturated heterocycles. The molecule has 1 unspecified atom stereocenters. The molecule has 0 saturated carbocycles. The summed E-state index contributed by atoms with van der Waals surface area (Å²) in [6, 6.07) is -0.698. The van der Waals surface area contributed by atoms with Crippen LogP contribution < -0.4 is 0 Å². The van der Waals surface area contributed by atoms with Crippen LogP contribution in [0.4, 0.5) is 0 Å². The van der Waals surface area contributed by atoms with E-state index in [0.29, 0.717) is 6.42 Å². The molecule has 0 fully saturated rings. The summed E-state index contributed by atoms with van der Waals surface area (Å²) in [5.41, 5.74) is 7.86. The number of hydrogen-bond donors (Lipinski definition) is 0. The first-order chi connectivity index (χ1) is 4.22. The lowest BCUT2D eigenvalue weighted by Gasteiger charge is -1.96. The Bertz CT molecular complexity index is 150. The molecule has 0 rings (SSSR count). The third-order valence-corrected chi connectivity index (χ3v) is 1.09. The summed E-state index contributed by atoms with van der Waals surface area (Å²) in [6.45, 7) is 1.72. The minimum Gasteiger partial charge on any atom is -0.281 e. The number of azide groups is 1. The normalized spacial score (nSPS) is 11.8. The first-order valence-electron chi connectivity index (χ1n) is 2.46. The molecule has 5 heteroatoms. The van der Waals surface area contributed by atoms with Crippen LogP contribution in [0.2, 0.25) is 0 Å². The highest BCUT2D eigenvalue weighted by atomic mass is 35.5. The third-order valence-electron chi connectivity index (χ3n) is 0.840. The molecule has 9 heavy (non-hydrogen) atoms. The molecular formula is C4H6ClN3O. The number of rotatable bonds is 3. The van der Waals surface area contributed by atoms with E-state index in [1.807, 2.05) is 0 Å². The van der Waals surface area contributed by atoms with Crippen LogP contribution in [0.5, 0.6) is 0 Å². The van der Waals surface area contributed by atoms with Gasteiger partial charge in [0.25, 0.3) is 0 Å². The Hall–Kier alpha value is -0.730. The molecule has 0 spiro atoms. The number of carbonyl (C=O) groups excluding carboxylic acids is 1. The second-order valence-electron chi connectivity index (χ2n) is 1.43. The molecule has 1 atom stereocenters. The highest BCUT2D eigenvalue weighted by Crippen LogP contribution is 2.01. The topological polar surface area (TPSA) is 65.8 Å².